The molecule has 0 radical (unpaired) electrons. The van der Waals surface area contributed by atoms with Gasteiger partial charge in [-0.05, 0) is 17.7 Å². The summed E-state index contributed by atoms with van der Waals surface area (Å²) in [7, 11) is 0. The summed E-state index contributed by atoms with van der Waals surface area (Å²) in [5.41, 5.74) is 2.81. The molecule has 2 heterocycles. The van der Waals surface area contributed by atoms with Gasteiger partial charge in [-0.25, -0.2) is 4.98 Å². The molecule has 1 aliphatic rings. The Kier molecular flexibility index (Phi) is 3.14. The highest BCUT2D eigenvalue weighted by molar-refractivity contribution is 7.98. The number of hydrogen-bond donors (Lipinski definition) is 1. The molecule has 0 spiro atoms. The van der Waals surface area contributed by atoms with Crippen LogP contribution >= 0.6 is 23.4 Å². The summed E-state index contributed by atoms with van der Waals surface area (Å²) in [6, 6.07) is 7.61. The Bertz CT molecular complexity index is 654. The van der Waals surface area contributed by atoms with Gasteiger partial charge in [0.05, 0.1) is 5.69 Å². The molecule has 0 fully saturated rings. The van der Waals surface area contributed by atoms with E-state index in [9.17, 15) is 4.79 Å². The smallest absolute Gasteiger partial charge is 0.255 e. The average molecular weight is 279 g/mol. The predicted molar refractivity (Wildman–Crippen MR) is 74.1 cm³/mol. The van der Waals surface area contributed by atoms with Crippen LogP contribution in [0.25, 0.3) is 0 Å². The van der Waals surface area contributed by atoms with E-state index >= 15 is 0 Å². The van der Waals surface area contributed by atoms with Crippen molar-refractivity contribution in [1.29, 1.82) is 0 Å². The van der Waals surface area contributed by atoms with Crippen molar-refractivity contribution in [2.24, 2.45) is 0 Å². The summed E-state index contributed by atoms with van der Waals surface area (Å²) in [5, 5.41) is 0.701. The van der Waals surface area contributed by atoms with Crippen molar-refractivity contribution < 1.29 is 0 Å². The molecular formula is C13H11ClN2OS. The molecule has 1 aromatic carbocycles. The number of rotatable bonds is 2. The molecule has 0 aliphatic carbocycles. The highest BCUT2D eigenvalue weighted by atomic mass is 35.5. The van der Waals surface area contributed by atoms with Crippen LogP contribution in [0.2, 0.25) is 5.02 Å². The SMILES string of the molecule is O=c1[nH]c(Cc2cccc(Cl)c2)nc2c1CSC2. The van der Waals surface area contributed by atoms with Gasteiger partial charge in [0.2, 0.25) is 0 Å². The fourth-order valence-corrected chi connectivity index (χ4v) is 3.29. The molecule has 0 bridgehead atoms. The molecule has 2 aromatic rings. The molecule has 92 valence electrons. The van der Waals surface area contributed by atoms with Crippen molar-refractivity contribution >= 4 is 23.4 Å². The Morgan fingerprint density at radius 3 is 3.11 bits per heavy atom. The van der Waals surface area contributed by atoms with Crippen molar-refractivity contribution in [3.05, 3.63) is 62.3 Å². The fraction of sp³-hybridized carbons (Fsp3) is 0.231. The van der Waals surface area contributed by atoms with Gasteiger partial charge < -0.3 is 4.98 Å². The van der Waals surface area contributed by atoms with E-state index in [2.05, 4.69) is 9.97 Å². The summed E-state index contributed by atoms with van der Waals surface area (Å²) < 4.78 is 0. The van der Waals surface area contributed by atoms with Crippen LogP contribution in [-0.4, -0.2) is 9.97 Å². The topological polar surface area (TPSA) is 45.8 Å². The van der Waals surface area contributed by atoms with E-state index in [4.69, 9.17) is 11.6 Å². The zero-order valence-corrected chi connectivity index (χ0v) is 11.1. The second-order valence-corrected chi connectivity index (χ2v) is 5.66. The normalized spacial score (nSPS) is 13.6. The quantitative estimate of drug-likeness (QED) is 0.919. The van der Waals surface area contributed by atoms with Gasteiger partial charge in [-0.3, -0.25) is 4.79 Å². The number of H-pyrrole nitrogens is 1. The lowest BCUT2D eigenvalue weighted by Crippen LogP contribution is -2.17. The fourth-order valence-electron chi connectivity index (χ4n) is 2.04. The van der Waals surface area contributed by atoms with Gasteiger partial charge in [-0.1, -0.05) is 23.7 Å². The Morgan fingerprint density at radius 2 is 2.28 bits per heavy atom. The molecule has 5 heteroatoms. The lowest BCUT2D eigenvalue weighted by molar-refractivity contribution is 0.903. The van der Waals surface area contributed by atoms with Crippen LogP contribution < -0.4 is 5.56 Å². The standard InChI is InChI=1S/C13H11ClN2OS/c14-9-3-1-2-8(4-9)5-12-15-11-7-18-6-10(11)13(17)16-12/h1-4H,5-7H2,(H,15,16,17). The summed E-state index contributed by atoms with van der Waals surface area (Å²) >= 11 is 7.67. The van der Waals surface area contributed by atoms with Gasteiger partial charge in [0.1, 0.15) is 5.82 Å². The van der Waals surface area contributed by atoms with E-state index in [0.717, 1.165) is 28.3 Å². The maximum absolute atomic E-state index is 11.9. The number of aromatic nitrogens is 2. The Hall–Kier alpha value is -1.26. The first-order valence-electron chi connectivity index (χ1n) is 5.65. The number of nitrogens with one attached hydrogen (secondary N) is 1. The van der Waals surface area contributed by atoms with Crippen molar-refractivity contribution in [3.63, 3.8) is 0 Å². The zero-order chi connectivity index (χ0) is 12.5. The van der Waals surface area contributed by atoms with Crippen LogP contribution in [-0.2, 0) is 17.9 Å². The molecule has 0 atom stereocenters. The van der Waals surface area contributed by atoms with Gasteiger partial charge in [-0.15, -0.1) is 0 Å². The number of aromatic amines is 1. The van der Waals surface area contributed by atoms with E-state index < -0.39 is 0 Å². The number of thioether (sulfide) groups is 1. The second kappa shape index (κ2) is 4.78. The van der Waals surface area contributed by atoms with Gasteiger partial charge in [0.15, 0.2) is 0 Å². The van der Waals surface area contributed by atoms with Crippen LogP contribution in [0.15, 0.2) is 29.1 Å². The van der Waals surface area contributed by atoms with Gasteiger partial charge in [-0.2, -0.15) is 11.8 Å². The lowest BCUT2D eigenvalue weighted by Gasteiger charge is -2.04. The minimum Gasteiger partial charge on any atom is -0.310 e. The highest BCUT2D eigenvalue weighted by Gasteiger charge is 2.17. The first kappa shape index (κ1) is 11.8. The molecule has 0 saturated carbocycles. The lowest BCUT2D eigenvalue weighted by atomic mass is 10.1. The number of halogens is 1. The van der Waals surface area contributed by atoms with Gasteiger partial charge >= 0.3 is 0 Å². The Labute approximate surface area is 114 Å². The third-order valence-electron chi connectivity index (χ3n) is 2.90. The van der Waals surface area contributed by atoms with Crippen molar-refractivity contribution in [2.75, 3.05) is 0 Å². The molecule has 1 N–H and O–H groups in total. The molecular weight excluding hydrogens is 268 g/mol. The third-order valence-corrected chi connectivity index (χ3v) is 4.10. The number of hydrogen-bond acceptors (Lipinski definition) is 3. The van der Waals surface area contributed by atoms with Gasteiger partial charge in [0.25, 0.3) is 5.56 Å². The molecule has 18 heavy (non-hydrogen) atoms. The summed E-state index contributed by atoms with van der Waals surface area (Å²) in [6.07, 6.45) is 0.605. The zero-order valence-electron chi connectivity index (χ0n) is 9.57. The number of nitrogens with zero attached hydrogens (tertiary/aromatic N) is 1. The average Bonchev–Trinajstić information content (AvgIpc) is 2.77. The van der Waals surface area contributed by atoms with E-state index in [-0.39, 0.29) is 5.56 Å². The van der Waals surface area contributed by atoms with E-state index in [0.29, 0.717) is 17.3 Å². The second-order valence-electron chi connectivity index (χ2n) is 4.24. The maximum atomic E-state index is 11.9. The minimum absolute atomic E-state index is 0.00188. The Morgan fingerprint density at radius 1 is 1.39 bits per heavy atom. The van der Waals surface area contributed by atoms with Crippen LogP contribution in [0, 0.1) is 0 Å². The van der Waals surface area contributed by atoms with Crippen LogP contribution in [0.1, 0.15) is 22.6 Å². The van der Waals surface area contributed by atoms with E-state index in [1.54, 1.807) is 11.8 Å². The maximum Gasteiger partial charge on any atom is 0.255 e. The van der Waals surface area contributed by atoms with E-state index in [1.807, 2.05) is 24.3 Å². The summed E-state index contributed by atoms with van der Waals surface area (Å²) in [5.74, 6) is 2.32. The molecule has 3 nitrogen and oxygen atoms in total. The third kappa shape index (κ3) is 2.31. The summed E-state index contributed by atoms with van der Waals surface area (Å²) in [4.78, 5) is 19.2. The molecule has 3 rings (SSSR count). The Balaban J connectivity index is 1.94. The highest BCUT2D eigenvalue weighted by Crippen LogP contribution is 2.25. The van der Waals surface area contributed by atoms with Gasteiger partial charge in [0, 0.05) is 28.5 Å². The minimum atomic E-state index is 0.00188. The summed E-state index contributed by atoms with van der Waals surface area (Å²) in [6.45, 7) is 0. The van der Waals surface area contributed by atoms with Crippen molar-refractivity contribution in [1.82, 2.24) is 9.97 Å². The van der Waals surface area contributed by atoms with Crippen LogP contribution in [0.3, 0.4) is 0 Å². The number of fused-ring (bicyclic) bond motifs is 1. The first-order valence-corrected chi connectivity index (χ1v) is 7.19. The number of benzene rings is 1. The first-order chi connectivity index (χ1) is 8.72. The van der Waals surface area contributed by atoms with Crippen molar-refractivity contribution in [3.8, 4) is 0 Å². The van der Waals surface area contributed by atoms with Crippen molar-refractivity contribution in [2.45, 2.75) is 17.9 Å². The van der Waals surface area contributed by atoms with Crippen LogP contribution in [0.4, 0.5) is 0 Å². The largest absolute Gasteiger partial charge is 0.310 e. The molecule has 0 unspecified atom stereocenters. The monoisotopic (exact) mass is 278 g/mol. The molecule has 1 aromatic heterocycles. The van der Waals surface area contributed by atoms with E-state index in [1.165, 1.54) is 0 Å². The predicted octanol–water partition coefficient (Wildman–Crippen LogP) is 2.76. The van der Waals surface area contributed by atoms with Crippen LogP contribution in [0.5, 0.6) is 0 Å². The molecule has 1 aliphatic heterocycles. The molecule has 0 amide bonds. The molecule has 0 saturated heterocycles.